The molecule has 0 aromatic rings. The molecule has 1 aliphatic rings. The Balaban J connectivity index is 2.22. The van der Waals surface area contributed by atoms with Gasteiger partial charge in [-0.2, -0.15) is 0 Å². The zero-order valence-electron chi connectivity index (χ0n) is 10.3. The second-order valence-corrected chi connectivity index (χ2v) is 5.42. The lowest BCUT2D eigenvalue weighted by atomic mass is 9.71. The molecule has 0 N–H and O–H groups in total. The van der Waals surface area contributed by atoms with Crippen LogP contribution in [0.2, 0.25) is 0 Å². The SMILES string of the molecule is CCC(C)CCCC1(C(C)C)COC1. The van der Waals surface area contributed by atoms with E-state index in [1.54, 1.807) is 0 Å². The number of ether oxygens (including phenoxy) is 1. The summed E-state index contributed by atoms with van der Waals surface area (Å²) in [6, 6.07) is 0. The highest BCUT2D eigenvalue weighted by Crippen LogP contribution is 2.40. The molecule has 0 spiro atoms. The maximum absolute atomic E-state index is 5.38. The van der Waals surface area contributed by atoms with E-state index < -0.39 is 0 Å². The van der Waals surface area contributed by atoms with Crippen molar-refractivity contribution in [3.8, 4) is 0 Å². The number of rotatable bonds is 6. The highest BCUT2D eigenvalue weighted by Gasteiger charge is 2.40. The van der Waals surface area contributed by atoms with E-state index in [4.69, 9.17) is 4.74 Å². The Labute approximate surface area is 89.2 Å². The standard InChI is InChI=1S/C13H26O/c1-5-12(4)7-6-8-13(11(2)3)9-14-10-13/h11-12H,5-10H2,1-4H3. The van der Waals surface area contributed by atoms with Crippen LogP contribution in [0.25, 0.3) is 0 Å². The lowest BCUT2D eigenvalue weighted by Crippen LogP contribution is -2.46. The minimum absolute atomic E-state index is 0.535. The second-order valence-electron chi connectivity index (χ2n) is 5.42. The molecule has 1 saturated heterocycles. The highest BCUT2D eigenvalue weighted by atomic mass is 16.5. The molecule has 1 rings (SSSR count). The first-order valence-electron chi connectivity index (χ1n) is 6.18. The summed E-state index contributed by atoms with van der Waals surface area (Å²) >= 11 is 0. The molecule has 1 atom stereocenters. The predicted molar refractivity (Wildman–Crippen MR) is 61.4 cm³/mol. The van der Waals surface area contributed by atoms with E-state index >= 15 is 0 Å². The summed E-state index contributed by atoms with van der Waals surface area (Å²) in [5.41, 5.74) is 0.535. The van der Waals surface area contributed by atoms with Crippen molar-refractivity contribution in [2.24, 2.45) is 17.3 Å². The Hall–Kier alpha value is -0.0400. The van der Waals surface area contributed by atoms with Crippen LogP contribution < -0.4 is 0 Å². The van der Waals surface area contributed by atoms with Gasteiger partial charge in [-0.1, -0.05) is 47.0 Å². The van der Waals surface area contributed by atoms with E-state index in [-0.39, 0.29) is 0 Å². The zero-order valence-corrected chi connectivity index (χ0v) is 10.3. The van der Waals surface area contributed by atoms with Crippen LogP contribution >= 0.6 is 0 Å². The third-order valence-electron chi connectivity index (χ3n) is 4.07. The summed E-state index contributed by atoms with van der Waals surface area (Å²) in [6.45, 7) is 11.3. The molecule has 1 heteroatoms. The smallest absolute Gasteiger partial charge is 0.0547 e. The van der Waals surface area contributed by atoms with Crippen LogP contribution in [-0.4, -0.2) is 13.2 Å². The van der Waals surface area contributed by atoms with E-state index in [2.05, 4.69) is 27.7 Å². The van der Waals surface area contributed by atoms with Crippen LogP contribution in [0.15, 0.2) is 0 Å². The van der Waals surface area contributed by atoms with Crippen LogP contribution in [-0.2, 0) is 4.74 Å². The van der Waals surface area contributed by atoms with Crippen LogP contribution in [0.5, 0.6) is 0 Å². The average molecular weight is 198 g/mol. The molecule has 0 bridgehead atoms. The molecule has 0 aromatic carbocycles. The molecular weight excluding hydrogens is 172 g/mol. The van der Waals surface area contributed by atoms with Crippen LogP contribution in [0, 0.1) is 17.3 Å². The summed E-state index contributed by atoms with van der Waals surface area (Å²) < 4.78 is 5.38. The number of hydrogen-bond donors (Lipinski definition) is 0. The van der Waals surface area contributed by atoms with Gasteiger partial charge in [0.1, 0.15) is 0 Å². The molecule has 1 unspecified atom stereocenters. The molecule has 0 amide bonds. The summed E-state index contributed by atoms with van der Waals surface area (Å²) in [6.07, 6.45) is 5.47. The molecule has 1 fully saturated rings. The fourth-order valence-electron chi connectivity index (χ4n) is 2.14. The quantitative estimate of drug-likeness (QED) is 0.629. The summed E-state index contributed by atoms with van der Waals surface area (Å²) in [4.78, 5) is 0. The first-order valence-corrected chi connectivity index (χ1v) is 6.18. The average Bonchev–Trinajstić information content (AvgIpc) is 2.08. The van der Waals surface area contributed by atoms with Gasteiger partial charge in [0.15, 0.2) is 0 Å². The maximum Gasteiger partial charge on any atom is 0.0547 e. The third-order valence-corrected chi connectivity index (χ3v) is 4.07. The first-order chi connectivity index (χ1) is 6.60. The summed E-state index contributed by atoms with van der Waals surface area (Å²) in [7, 11) is 0. The Kier molecular flexibility index (Phi) is 4.43. The fraction of sp³-hybridized carbons (Fsp3) is 1.00. The van der Waals surface area contributed by atoms with Gasteiger partial charge in [0, 0.05) is 5.41 Å². The van der Waals surface area contributed by atoms with Crippen molar-refractivity contribution in [3.63, 3.8) is 0 Å². The molecule has 0 aromatic heterocycles. The molecule has 1 aliphatic heterocycles. The minimum Gasteiger partial charge on any atom is -0.380 e. The van der Waals surface area contributed by atoms with Gasteiger partial charge < -0.3 is 4.74 Å². The van der Waals surface area contributed by atoms with E-state index in [0.717, 1.165) is 25.0 Å². The first kappa shape index (κ1) is 12.0. The van der Waals surface area contributed by atoms with Crippen LogP contribution in [0.3, 0.4) is 0 Å². The lowest BCUT2D eigenvalue weighted by molar-refractivity contribution is -0.144. The Morgan fingerprint density at radius 2 is 1.86 bits per heavy atom. The Morgan fingerprint density at radius 1 is 1.21 bits per heavy atom. The zero-order chi connectivity index (χ0) is 10.6. The maximum atomic E-state index is 5.38. The van der Waals surface area contributed by atoms with E-state index in [0.29, 0.717) is 5.41 Å². The van der Waals surface area contributed by atoms with Crippen molar-refractivity contribution in [2.75, 3.05) is 13.2 Å². The second kappa shape index (κ2) is 5.16. The molecule has 14 heavy (non-hydrogen) atoms. The van der Waals surface area contributed by atoms with Gasteiger partial charge in [0.25, 0.3) is 0 Å². The van der Waals surface area contributed by atoms with Crippen molar-refractivity contribution in [2.45, 2.75) is 53.4 Å². The van der Waals surface area contributed by atoms with Crippen LogP contribution in [0.1, 0.15) is 53.4 Å². The van der Waals surface area contributed by atoms with Gasteiger partial charge in [-0.25, -0.2) is 0 Å². The summed E-state index contributed by atoms with van der Waals surface area (Å²) in [5, 5.41) is 0. The van der Waals surface area contributed by atoms with Crippen LogP contribution in [0.4, 0.5) is 0 Å². The van der Waals surface area contributed by atoms with E-state index in [9.17, 15) is 0 Å². The minimum atomic E-state index is 0.535. The van der Waals surface area contributed by atoms with Gasteiger partial charge in [0.2, 0.25) is 0 Å². The highest BCUT2D eigenvalue weighted by molar-refractivity contribution is 4.88. The van der Waals surface area contributed by atoms with Crippen molar-refractivity contribution < 1.29 is 4.74 Å². The monoisotopic (exact) mass is 198 g/mol. The number of hydrogen-bond acceptors (Lipinski definition) is 1. The van der Waals surface area contributed by atoms with Gasteiger partial charge >= 0.3 is 0 Å². The molecular formula is C13H26O. The van der Waals surface area contributed by atoms with Gasteiger partial charge in [0.05, 0.1) is 13.2 Å². The molecule has 0 radical (unpaired) electrons. The normalized spacial score (nSPS) is 22.1. The Bertz CT molecular complexity index is 159. The summed E-state index contributed by atoms with van der Waals surface area (Å²) in [5.74, 6) is 1.69. The molecule has 84 valence electrons. The molecule has 1 nitrogen and oxygen atoms in total. The molecule has 1 heterocycles. The Morgan fingerprint density at radius 3 is 2.21 bits per heavy atom. The van der Waals surface area contributed by atoms with Crippen molar-refractivity contribution in [3.05, 3.63) is 0 Å². The van der Waals surface area contributed by atoms with Gasteiger partial charge in [-0.05, 0) is 18.3 Å². The van der Waals surface area contributed by atoms with E-state index in [1.165, 1.54) is 25.7 Å². The van der Waals surface area contributed by atoms with Gasteiger partial charge in [-0.15, -0.1) is 0 Å². The molecule has 0 saturated carbocycles. The van der Waals surface area contributed by atoms with Gasteiger partial charge in [-0.3, -0.25) is 0 Å². The third kappa shape index (κ3) is 2.73. The van der Waals surface area contributed by atoms with E-state index in [1.807, 2.05) is 0 Å². The lowest BCUT2D eigenvalue weighted by Gasteiger charge is -2.45. The topological polar surface area (TPSA) is 9.23 Å². The van der Waals surface area contributed by atoms with Crippen molar-refractivity contribution >= 4 is 0 Å². The predicted octanol–water partition coefficient (Wildman–Crippen LogP) is 3.88. The van der Waals surface area contributed by atoms with Crippen molar-refractivity contribution in [1.29, 1.82) is 0 Å². The largest absolute Gasteiger partial charge is 0.380 e. The fourth-order valence-corrected chi connectivity index (χ4v) is 2.14. The molecule has 0 aliphatic carbocycles. The van der Waals surface area contributed by atoms with Crippen molar-refractivity contribution in [1.82, 2.24) is 0 Å².